The first-order valence-electron chi connectivity index (χ1n) is 5.16. The van der Waals surface area contributed by atoms with Crippen LogP contribution in [0.25, 0.3) is 0 Å². The maximum absolute atomic E-state index is 10.9. The average Bonchev–Trinajstić information content (AvgIpc) is 2.27. The minimum atomic E-state index is -0.972. The van der Waals surface area contributed by atoms with Crippen LogP contribution in [0.4, 0.5) is 0 Å². The third kappa shape index (κ3) is 1.91. The van der Waals surface area contributed by atoms with Gasteiger partial charge in [-0.3, -0.25) is 4.79 Å². The molecular weight excluding hydrogens is 208 g/mol. The summed E-state index contributed by atoms with van der Waals surface area (Å²) in [7, 11) is 0. The number of aryl methyl sites for hydroxylation is 1. The Morgan fingerprint density at radius 3 is 2.56 bits per heavy atom. The summed E-state index contributed by atoms with van der Waals surface area (Å²) < 4.78 is 0. The predicted octanol–water partition coefficient (Wildman–Crippen LogP) is 1.57. The van der Waals surface area contributed by atoms with Crippen LogP contribution < -0.4 is 0 Å². The van der Waals surface area contributed by atoms with Crippen LogP contribution in [-0.2, 0) is 17.6 Å². The summed E-state index contributed by atoms with van der Waals surface area (Å²) in [4.78, 5) is 21.7. The third-order valence-corrected chi connectivity index (χ3v) is 3.03. The molecule has 0 amide bonds. The molecule has 1 atom stereocenters. The fourth-order valence-electron chi connectivity index (χ4n) is 2.10. The quantitative estimate of drug-likeness (QED) is 0.793. The molecule has 0 aromatic heterocycles. The maximum Gasteiger partial charge on any atom is 0.335 e. The van der Waals surface area contributed by atoms with E-state index in [1.165, 1.54) is 0 Å². The molecule has 0 saturated heterocycles. The van der Waals surface area contributed by atoms with Crippen LogP contribution in [-0.4, -0.2) is 22.2 Å². The number of hydrogen-bond donors (Lipinski definition) is 2. The summed E-state index contributed by atoms with van der Waals surface area (Å²) in [5, 5.41) is 17.8. The average molecular weight is 220 g/mol. The zero-order chi connectivity index (χ0) is 11.7. The molecule has 0 heterocycles. The Bertz CT molecular complexity index is 450. The SMILES string of the molecule is O=C(O)c1ccc2c(c1)CC(C(=O)O)CC2. The number of rotatable bonds is 2. The molecule has 4 nitrogen and oxygen atoms in total. The number of aromatic carboxylic acids is 1. The van der Waals surface area contributed by atoms with E-state index in [0.717, 1.165) is 11.1 Å². The van der Waals surface area contributed by atoms with Crippen LogP contribution in [0.2, 0.25) is 0 Å². The number of carbonyl (C=O) groups is 2. The van der Waals surface area contributed by atoms with Gasteiger partial charge in [-0.15, -0.1) is 0 Å². The van der Waals surface area contributed by atoms with Gasteiger partial charge in [-0.2, -0.15) is 0 Å². The number of carboxylic acid groups (broad SMARTS) is 2. The lowest BCUT2D eigenvalue weighted by molar-refractivity contribution is -0.142. The van der Waals surface area contributed by atoms with Gasteiger partial charge in [0.25, 0.3) is 0 Å². The van der Waals surface area contributed by atoms with Crippen molar-refractivity contribution in [1.82, 2.24) is 0 Å². The van der Waals surface area contributed by atoms with Crippen LogP contribution in [0.1, 0.15) is 27.9 Å². The highest BCUT2D eigenvalue weighted by molar-refractivity contribution is 5.88. The van der Waals surface area contributed by atoms with Crippen molar-refractivity contribution in [3.63, 3.8) is 0 Å². The van der Waals surface area contributed by atoms with Crippen molar-refractivity contribution in [2.45, 2.75) is 19.3 Å². The normalized spacial score (nSPS) is 18.9. The first kappa shape index (κ1) is 10.7. The molecule has 1 aliphatic carbocycles. The first-order chi connectivity index (χ1) is 7.58. The van der Waals surface area contributed by atoms with Gasteiger partial charge in [0.1, 0.15) is 0 Å². The van der Waals surface area contributed by atoms with E-state index < -0.39 is 11.9 Å². The molecule has 2 rings (SSSR count). The smallest absolute Gasteiger partial charge is 0.335 e. The molecule has 16 heavy (non-hydrogen) atoms. The van der Waals surface area contributed by atoms with Crippen molar-refractivity contribution < 1.29 is 19.8 Å². The summed E-state index contributed by atoms with van der Waals surface area (Å²) in [6.07, 6.45) is 1.78. The Balaban J connectivity index is 2.32. The Morgan fingerprint density at radius 1 is 1.19 bits per heavy atom. The van der Waals surface area contributed by atoms with Crippen molar-refractivity contribution in [2.75, 3.05) is 0 Å². The standard InChI is InChI=1S/C12H12O4/c13-11(14)8-3-1-7-2-4-9(12(15)16)6-10(7)5-8/h1,3,5,9H,2,4,6H2,(H,13,14)(H,15,16). The van der Waals surface area contributed by atoms with Crippen LogP contribution in [0.5, 0.6) is 0 Å². The van der Waals surface area contributed by atoms with E-state index >= 15 is 0 Å². The van der Waals surface area contributed by atoms with Gasteiger partial charge in [-0.05, 0) is 42.5 Å². The lowest BCUT2D eigenvalue weighted by atomic mass is 9.83. The van der Waals surface area contributed by atoms with Gasteiger partial charge in [0, 0.05) is 0 Å². The maximum atomic E-state index is 10.9. The van der Waals surface area contributed by atoms with E-state index in [4.69, 9.17) is 10.2 Å². The second-order valence-electron chi connectivity index (χ2n) is 4.07. The molecular formula is C12H12O4. The molecule has 0 radical (unpaired) electrons. The minimum absolute atomic E-state index is 0.227. The Hall–Kier alpha value is -1.84. The molecule has 4 heteroatoms. The largest absolute Gasteiger partial charge is 0.481 e. The van der Waals surface area contributed by atoms with Gasteiger partial charge in [-0.1, -0.05) is 6.07 Å². The number of fused-ring (bicyclic) bond motifs is 1. The lowest BCUT2D eigenvalue weighted by Crippen LogP contribution is -2.22. The molecule has 1 aromatic carbocycles. The molecule has 0 bridgehead atoms. The van der Waals surface area contributed by atoms with E-state index in [2.05, 4.69) is 0 Å². The molecule has 2 N–H and O–H groups in total. The first-order valence-corrected chi connectivity index (χ1v) is 5.16. The van der Waals surface area contributed by atoms with Gasteiger partial charge in [0.15, 0.2) is 0 Å². The summed E-state index contributed by atoms with van der Waals surface area (Å²) in [6.45, 7) is 0. The molecule has 0 fully saturated rings. The second kappa shape index (κ2) is 3.96. The highest BCUT2D eigenvalue weighted by Gasteiger charge is 2.24. The molecule has 1 aliphatic rings. The van der Waals surface area contributed by atoms with Gasteiger partial charge >= 0.3 is 11.9 Å². The van der Waals surface area contributed by atoms with E-state index in [1.54, 1.807) is 18.2 Å². The molecule has 1 aromatic rings. The van der Waals surface area contributed by atoms with Gasteiger partial charge < -0.3 is 10.2 Å². The minimum Gasteiger partial charge on any atom is -0.481 e. The summed E-state index contributed by atoms with van der Waals surface area (Å²) in [5.41, 5.74) is 2.16. The lowest BCUT2D eigenvalue weighted by Gasteiger charge is -2.21. The summed E-state index contributed by atoms with van der Waals surface area (Å²) in [5.74, 6) is -2.15. The van der Waals surface area contributed by atoms with Crippen molar-refractivity contribution >= 4 is 11.9 Å². The predicted molar refractivity (Wildman–Crippen MR) is 56.6 cm³/mol. The third-order valence-electron chi connectivity index (χ3n) is 3.03. The monoisotopic (exact) mass is 220 g/mol. The van der Waals surface area contributed by atoms with Crippen LogP contribution in [0, 0.1) is 5.92 Å². The zero-order valence-electron chi connectivity index (χ0n) is 8.64. The summed E-state index contributed by atoms with van der Waals surface area (Å²) >= 11 is 0. The van der Waals surface area contributed by atoms with E-state index in [0.29, 0.717) is 19.3 Å². The zero-order valence-corrected chi connectivity index (χ0v) is 8.64. The fraction of sp³-hybridized carbons (Fsp3) is 0.333. The number of aliphatic carboxylic acids is 1. The van der Waals surface area contributed by atoms with Gasteiger partial charge in [0.2, 0.25) is 0 Å². The highest BCUT2D eigenvalue weighted by Crippen LogP contribution is 2.26. The molecule has 1 unspecified atom stereocenters. The van der Waals surface area contributed by atoms with Crippen molar-refractivity contribution in [3.8, 4) is 0 Å². The van der Waals surface area contributed by atoms with Crippen molar-refractivity contribution in [2.24, 2.45) is 5.92 Å². The molecule has 0 saturated carbocycles. The number of hydrogen-bond acceptors (Lipinski definition) is 2. The van der Waals surface area contributed by atoms with Crippen LogP contribution >= 0.6 is 0 Å². The van der Waals surface area contributed by atoms with Crippen molar-refractivity contribution in [3.05, 3.63) is 34.9 Å². The topological polar surface area (TPSA) is 74.6 Å². The Morgan fingerprint density at radius 2 is 1.94 bits per heavy atom. The highest BCUT2D eigenvalue weighted by atomic mass is 16.4. The number of benzene rings is 1. The van der Waals surface area contributed by atoms with Gasteiger partial charge in [-0.25, -0.2) is 4.79 Å². The Labute approximate surface area is 92.5 Å². The Kier molecular flexibility index (Phi) is 2.64. The summed E-state index contributed by atoms with van der Waals surface area (Å²) in [6, 6.07) is 4.95. The van der Waals surface area contributed by atoms with E-state index in [1.807, 2.05) is 0 Å². The van der Waals surface area contributed by atoms with E-state index in [9.17, 15) is 9.59 Å². The number of carboxylic acids is 2. The molecule has 0 spiro atoms. The molecule has 0 aliphatic heterocycles. The second-order valence-corrected chi connectivity index (χ2v) is 4.07. The van der Waals surface area contributed by atoms with Crippen LogP contribution in [0.15, 0.2) is 18.2 Å². The fourth-order valence-corrected chi connectivity index (χ4v) is 2.10. The van der Waals surface area contributed by atoms with Crippen LogP contribution in [0.3, 0.4) is 0 Å². The van der Waals surface area contributed by atoms with E-state index in [-0.39, 0.29) is 11.5 Å². The van der Waals surface area contributed by atoms with Gasteiger partial charge in [0.05, 0.1) is 11.5 Å². The van der Waals surface area contributed by atoms with Crippen molar-refractivity contribution in [1.29, 1.82) is 0 Å². The molecule has 84 valence electrons.